The molecule has 2 aromatic rings. The minimum absolute atomic E-state index is 0.206. The zero-order chi connectivity index (χ0) is 13.8. The Kier molecular flexibility index (Phi) is 4.49. The van der Waals surface area contributed by atoms with Crippen LogP contribution in [0, 0.1) is 6.92 Å². The van der Waals surface area contributed by atoms with Crippen LogP contribution in [0.2, 0.25) is 0 Å². The Morgan fingerprint density at radius 1 is 1.53 bits per heavy atom. The lowest BCUT2D eigenvalue weighted by Gasteiger charge is -2.16. The molecule has 100 valence electrons. The van der Waals surface area contributed by atoms with E-state index in [1.165, 1.54) is 11.3 Å². The van der Waals surface area contributed by atoms with Crippen LogP contribution in [0.15, 0.2) is 27.5 Å². The smallest absolute Gasteiger partial charge is 0.322 e. The monoisotopic (exact) mass is 340 g/mol. The maximum Gasteiger partial charge on any atom is 0.323 e. The van der Waals surface area contributed by atoms with E-state index in [-0.39, 0.29) is 6.03 Å². The Bertz CT molecular complexity index is 573. The van der Waals surface area contributed by atoms with Gasteiger partial charge < -0.3 is 4.90 Å². The van der Waals surface area contributed by atoms with Crippen LogP contribution in [0.1, 0.15) is 11.4 Å². The van der Waals surface area contributed by atoms with Gasteiger partial charge in [0.15, 0.2) is 0 Å². The summed E-state index contributed by atoms with van der Waals surface area (Å²) < 4.78 is 0.918. The Balaban J connectivity index is 1.98. The maximum absolute atomic E-state index is 12.0. The SMILES string of the molecule is Cc1nc(NC(=O)N(C)Cc2cscn2)ccc1Br. The van der Waals surface area contributed by atoms with E-state index in [4.69, 9.17) is 0 Å². The van der Waals surface area contributed by atoms with Crippen LogP contribution in [0.5, 0.6) is 0 Å². The Labute approximate surface area is 123 Å². The molecule has 7 heteroatoms. The molecule has 0 spiro atoms. The fourth-order valence-corrected chi connectivity index (χ4v) is 2.22. The van der Waals surface area contributed by atoms with Crippen molar-refractivity contribution < 1.29 is 4.79 Å². The average molecular weight is 341 g/mol. The van der Waals surface area contributed by atoms with E-state index >= 15 is 0 Å². The first-order valence-corrected chi connectivity index (χ1v) is 7.32. The van der Waals surface area contributed by atoms with Gasteiger partial charge in [-0.2, -0.15) is 0 Å². The fourth-order valence-electron chi connectivity index (χ4n) is 1.45. The molecule has 0 bridgehead atoms. The highest BCUT2D eigenvalue weighted by atomic mass is 79.9. The zero-order valence-corrected chi connectivity index (χ0v) is 13.0. The summed E-state index contributed by atoms with van der Waals surface area (Å²) in [5.74, 6) is 0.538. The van der Waals surface area contributed by atoms with Gasteiger partial charge in [0.2, 0.25) is 0 Å². The van der Waals surface area contributed by atoms with Crippen molar-refractivity contribution in [3.63, 3.8) is 0 Å². The van der Waals surface area contributed by atoms with Gasteiger partial charge in [-0.25, -0.2) is 14.8 Å². The number of carbonyl (C=O) groups excluding carboxylic acids is 1. The number of nitrogens with one attached hydrogen (secondary N) is 1. The minimum atomic E-state index is -0.206. The number of hydrogen-bond acceptors (Lipinski definition) is 4. The summed E-state index contributed by atoms with van der Waals surface area (Å²) >= 11 is 4.89. The van der Waals surface area contributed by atoms with Crippen molar-refractivity contribution in [2.45, 2.75) is 13.5 Å². The van der Waals surface area contributed by atoms with E-state index in [0.29, 0.717) is 12.4 Å². The van der Waals surface area contributed by atoms with Crippen molar-refractivity contribution in [2.75, 3.05) is 12.4 Å². The lowest BCUT2D eigenvalue weighted by Crippen LogP contribution is -2.31. The van der Waals surface area contributed by atoms with Crippen LogP contribution in [-0.2, 0) is 6.54 Å². The number of thiazole rings is 1. The van der Waals surface area contributed by atoms with Gasteiger partial charge >= 0.3 is 6.03 Å². The molecule has 5 nitrogen and oxygen atoms in total. The standard InChI is InChI=1S/C12H13BrN4OS/c1-8-10(13)3-4-11(15-8)16-12(18)17(2)5-9-6-19-7-14-9/h3-4,6-7H,5H2,1-2H3,(H,15,16,18). The third-order valence-corrected chi connectivity index (χ3v) is 3.96. The molecule has 0 fully saturated rings. The van der Waals surface area contributed by atoms with Gasteiger partial charge in [0.1, 0.15) is 5.82 Å². The second-order valence-corrected chi connectivity index (χ2v) is 5.60. The summed E-state index contributed by atoms with van der Waals surface area (Å²) in [5.41, 5.74) is 3.46. The van der Waals surface area contributed by atoms with Crippen LogP contribution in [0.4, 0.5) is 10.6 Å². The van der Waals surface area contributed by atoms with Gasteiger partial charge in [0, 0.05) is 16.9 Å². The highest BCUT2D eigenvalue weighted by molar-refractivity contribution is 9.10. The van der Waals surface area contributed by atoms with Gasteiger partial charge in [-0.05, 0) is 35.0 Å². The molecular formula is C12H13BrN4OS. The Morgan fingerprint density at radius 3 is 2.95 bits per heavy atom. The number of aryl methyl sites for hydroxylation is 1. The van der Waals surface area contributed by atoms with Crippen molar-refractivity contribution in [2.24, 2.45) is 0 Å². The average Bonchev–Trinajstić information content (AvgIpc) is 2.86. The number of nitrogens with zero attached hydrogens (tertiary/aromatic N) is 3. The van der Waals surface area contributed by atoms with Crippen LogP contribution in [-0.4, -0.2) is 27.9 Å². The molecule has 2 rings (SSSR count). The number of rotatable bonds is 3. The highest BCUT2D eigenvalue weighted by Crippen LogP contribution is 2.16. The number of aromatic nitrogens is 2. The summed E-state index contributed by atoms with van der Waals surface area (Å²) in [4.78, 5) is 22.0. The second-order valence-electron chi connectivity index (χ2n) is 4.03. The molecule has 0 aliphatic carbocycles. The zero-order valence-electron chi connectivity index (χ0n) is 10.6. The normalized spacial score (nSPS) is 10.3. The second kappa shape index (κ2) is 6.12. The molecule has 0 aromatic carbocycles. The van der Waals surface area contributed by atoms with Crippen molar-refractivity contribution in [1.29, 1.82) is 0 Å². The number of carbonyl (C=O) groups is 1. The van der Waals surface area contributed by atoms with Gasteiger partial charge in [0.25, 0.3) is 0 Å². The molecular weight excluding hydrogens is 328 g/mol. The molecule has 1 N–H and O–H groups in total. The van der Waals surface area contributed by atoms with Crippen molar-refractivity contribution in [3.8, 4) is 0 Å². The molecule has 0 saturated carbocycles. The van der Waals surface area contributed by atoms with Gasteiger partial charge in [-0.3, -0.25) is 5.32 Å². The number of pyridine rings is 1. The number of amides is 2. The van der Waals surface area contributed by atoms with E-state index in [0.717, 1.165) is 15.9 Å². The number of urea groups is 1. The number of halogens is 1. The van der Waals surface area contributed by atoms with Crippen LogP contribution >= 0.6 is 27.3 Å². The Hall–Kier alpha value is -1.47. The van der Waals surface area contributed by atoms with E-state index in [9.17, 15) is 4.79 Å². The van der Waals surface area contributed by atoms with E-state index in [2.05, 4.69) is 31.2 Å². The molecule has 0 aliphatic rings. The van der Waals surface area contributed by atoms with E-state index in [1.54, 1.807) is 23.5 Å². The summed E-state index contributed by atoms with van der Waals surface area (Å²) in [7, 11) is 1.72. The minimum Gasteiger partial charge on any atom is -0.322 e. The molecule has 0 unspecified atom stereocenters. The molecule has 2 heterocycles. The summed E-state index contributed by atoms with van der Waals surface area (Å²) in [5, 5.41) is 4.68. The first-order chi connectivity index (χ1) is 9.06. The molecule has 0 saturated heterocycles. The predicted molar refractivity (Wildman–Crippen MR) is 79.3 cm³/mol. The lowest BCUT2D eigenvalue weighted by atomic mass is 10.4. The third-order valence-electron chi connectivity index (χ3n) is 2.49. The van der Waals surface area contributed by atoms with E-state index < -0.39 is 0 Å². The number of hydrogen-bond donors (Lipinski definition) is 1. The van der Waals surface area contributed by atoms with Crippen molar-refractivity contribution >= 4 is 39.1 Å². The Morgan fingerprint density at radius 2 is 2.32 bits per heavy atom. The van der Waals surface area contributed by atoms with E-state index in [1.807, 2.05) is 18.4 Å². The lowest BCUT2D eigenvalue weighted by molar-refractivity contribution is 0.220. The third kappa shape index (κ3) is 3.74. The first kappa shape index (κ1) is 14.0. The molecule has 19 heavy (non-hydrogen) atoms. The molecule has 0 radical (unpaired) electrons. The predicted octanol–water partition coefficient (Wildman–Crippen LogP) is 3.27. The summed E-state index contributed by atoms with van der Waals surface area (Å²) in [6.07, 6.45) is 0. The largest absolute Gasteiger partial charge is 0.323 e. The quantitative estimate of drug-likeness (QED) is 0.932. The first-order valence-electron chi connectivity index (χ1n) is 5.58. The van der Waals surface area contributed by atoms with Gasteiger partial charge in [0.05, 0.1) is 23.4 Å². The van der Waals surface area contributed by atoms with Crippen LogP contribution in [0.3, 0.4) is 0 Å². The molecule has 0 atom stereocenters. The molecule has 2 amide bonds. The van der Waals surface area contributed by atoms with Crippen LogP contribution < -0.4 is 5.32 Å². The van der Waals surface area contributed by atoms with Crippen molar-refractivity contribution in [3.05, 3.63) is 38.9 Å². The maximum atomic E-state index is 12.0. The topological polar surface area (TPSA) is 58.1 Å². The molecule has 2 aromatic heterocycles. The van der Waals surface area contributed by atoms with Gasteiger partial charge in [-0.1, -0.05) is 0 Å². The highest BCUT2D eigenvalue weighted by Gasteiger charge is 2.11. The summed E-state index contributed by atoms with van der Waals surface area (Å²) in [6.45, 7) is 2.35. The van der Waals surface area contributed by atoms with Gasteiger partial charge in [-0.15, -0.1) is 11.3 Å². The summed E-state index contributed by atoms with van der Waals surface area (Å²) in [6, 6.07) is 3.41. The fraction of sp³-hybridized carbons (Fsp3) is 0.250. The number of anilines is 1. The van der Waals surface area contributed by atoms with Crippen molar-refractivity contribution in [1.82, 2.24) is 14.9 Å². The molecule has 0 aliphatic heterocycles. The van der Waals surface area contributed by atoms with Crippen LogP contribution in [0.25, 0.3) is 0 Å².